The lowest BCUT2D eigenvalue weighted by atomic mass is 9.76. The van der Waals surface area contributed by atoms with Crippen LogP contribution in [0, 0.1) is 5.92 Å². The third kappa shape index (κ3) is 3.95. The Kier molecular flexibility index (Phi) is 5.90. The fourth-order valence-electron chi connectivity index (χ4n) is 2.64. The summed E-state index contributed by atoms with van der Waals surface area (Å²) in [6.45, 7) is 8.58. The zero-order chi connectivity index (χ0) is 12.7. The molecule has 98 valence electrons. The second-order valence-corrected chi connectivity index (χ2v) is 5.21. The lowest BCUT2D eigenvalue weighted by Crippen LogP contribution is -2.44. The Labute approximate surface area is 105 Å². The van der Waals surface area contributed by atoms with E-state index in [0.29, 0.717) is 18.8 Å². The van der Waals surface area contributed by atoms with Crippen LogP contribution in [0.3, 0.4) is 0 Å². The summed E-state index contributed by atoms with van der Waals surface area (Å²) in [4.78, 5) is 12.3. The van der Waals surface area contributed by atoms with E-state index in [1.54, 1.807) is 0 Å². The molecule has 2 nitrogen and oxygen atoms in total. The van der Waals surface area contributed by atoms with Crippen molar-refractivity contribution in [1.82, 2.24) is 0 Å². The maximum Gasteiger partial charge on any atom is 0.164 e. The zero-order valence-electron chi connectivity index (χ0n) is 11.3. The van der Waals surface area contributed by atoms with E-state index in [9.17, 15) is 4.79 Å². The van der Waals surface area contributed by atoms with Gasteiger partial charge >= 0.3 is 0 Å². The number of ether oxygens (including phenoxy) is 1. The quantitative estimate of drug-likeness (QED) is 0.497. The van der Waals surface area contributed by atoms with Gasteiger partial charge in [-0.3, -0.25) is 4.79 Å². The second kappa shape index (κ2) is 6.95. The molecule has 0 bridgehead atoms. The van der Waals surface area contributed by atoms with Gasteiger partial charge in [-0.2, -0.15) is 0 Å². The summed E-state index contributed by atoms with van der Waals surface area (Å²) in [7, 11) is 0. The third-order valence-electron chi connectivity index (χ3n) is 3.82. The minimum atomic E-state index is -0.456. The minimum absolute atomic E-state index is 0.313. The molecule has 1 rings (SSSR count). The molecule has 17 heavy (non-hydrogen) atoms. The van der Waals surface area contributed by atoms with Crippen LogP contribution in [-0.2, 0) is 9.53 Å². The first-order chi connectivity index (χ1) is 8.14. The van der Waals surface area contributed by atoms with E-state index in [1.165, 1.54) is 0 Å². The van der Waals surface area contributed by atoms with Gasteiger partial charge < -0.3 is 4.74 Å². The van der Waals surface area contributed by atoms with Crippen LogP contribution in [0.15, 0.2) is 12.7 Å². The van der Waals surface area contributed by atoms with Crippen molar-refractivity contribution in [3.05, 3.63) is 12.7 Å². The molecule has 0 atom stereocenters. The summed E-state index contributed by atoms with van der Waals surface area (Å²) >= 11 is 0. The Morgan fingerprint density at radius 3 is 2.65 bits per heavy atom. The molecular weight excluding hydrogens is 212 g/mol. The summed E-state index contributed by atoms with van der Waals surface area (Å²) < 4.78 is 5.84. The predicted octanol–water partition coefficient (Wildman–Crippen LogP) is 3.90. The van der Waals surface area contributed by atoms with E-state index in [0.717, 1.165) is 44.4 Å². The molecule has 0 heterocycles. The van der Waals surface area contributed by atoms with Gasteiger partial charge in [-0.05, 0) is 51.4 Å². The van der Waals surface area contributed by atoms with E-state index < -0.39 is 5.60 Å². The second-order valence-electron chi connectivity index (χ2n) is 5.21. The Balaban J connectivity index is 2.57. The van der Waals surface area contributed by atoms with Crippen molar-refractivity contribution < 1.29 is 9.53 Å². The van der Waals surface area contributed by atoms with Crippen LogP contribution in [0.25, 0.3) is 0 Å². The van der Waals surface area contributed by atoms with Crippen LogP contribution in [0.1, 0.15) is 58.8 Å². The molecule has 0 aromatic heterocycles. The van der Waals surface area contributed by atoms with Crippen molar-refractivity contribution in [2.75, 3.05) is 6.61 Å². The molecule has 1 aliphatic rings. The van der Waals surface area contributed by atoms with Crippen molar-refractivity contribution in [2.45, 2.75) is 64.4 Å². The van der Waals surface area contributed by atoms with Crippen molar-refractivity contribution in [3.63, 3.8) is 0 Å². The number of ketones is 1. The van der Waals surface area contributed by atoms with Crippen molar-refractivity contribution in [1.29, 1.82) is 0 Å². The van der Waals surface area contributed by atoms with Gasteiger partial charge in [0.25, 0.3) is 0 Å². The standard InChI is InChI=1S/C15H26O2/c1-4-6-7-8-14(16)15(17-5-2)11-9-13(3)10-12-15/h4,13H,1,5-12H2,2-3H3. The monoisotopic (exact) mass is 238 g/mol. The predicted molar refractivity (Wildman–Crippen MR) is 71.0 cm³/mol. The van der Waals surface area contributed by atoms with Crippen LogP contribution >= 0.6 is 0 Å². The highest BCUT2D eigenvalue weighted by Crippen LogP contribution is 2.36. The summed E-state index contributed by atoms with van der Waals surface area (Å²) in [5.41, 5.74) is -0.456. The molecule has 0 aromatic carbocycles. The maximum absolute atomic E-state index is 12.3. The lowest BCUT2D eigenvalue weighted by Gasteiger charge is -2.37. The summed E-state index contributed by atoms with van der Waals surface area (Å²) in [5.74, 6) is 1.05. The molecular formula is C15H26O2. The third-order valence-corrected chi connectivity index (χ3v) is 3.82. The number of rotatable bonds is 7. The van der Waals surface area contributed by atoms with E-state index in [-0.39, 0.29) is 0 Å². The summed E-state index contributed by atoms with van der Waals surface area (Å²) in [6.07, 6.45) is 8.41. The number of carbonyl (C=O) groups excluding carboxylic acids is 1. The molecule has 1 fully saturated rings. The van der Waals surface area contributed by atoms with Gasteiger partial charge in [0.2, 0.25) is 0 Å². The number of hydrogen-bond acceptors (Lipinski definition) is 2. The number of unbranched alkanes of at least 4 members (excludes halogenated alkanes) is 1. The largest absolute Gasteiger partial charge is 0.368 e. The van der Waals surface area contributed by atoms with E-state index in [1.807, 2.05) is 13.0 Å². The van der Waals surface area contributed by atoms with E-state index in [4.69, 9.17) is 4.74 Å². The van der Waals surface area contributed by atoms with Crippen molar-refractivity contribution >= 4 is 5.78 Å². The lowest BCUT2D eigenvalue weighted by molar-refractivity contribution is -0.150. The van der Waals surface area contributed by atoms with Crippen LogP contribution in [0.2, 0.25) is 0 Å². The average molecular weight is 238 g/mol. The van der Waals surface area contributed by atoms with Crippen molar-refractivity contribution in [2.24, 2.45) is 5.92 Å². The molecule has 0 amide bonds. The number of Topliss-reactive ketones (excluding diaryl/α,β-unsaturated/α-hetero) is 1. The van der Waals surface area contributed by atoms with Crippen LogP contribution in [-0.4, -0.2) is 18.0 Å². The van der Waals surface area contributed by atoms with Gasteiger partial charge in [0.15, 0.2) is 5.78 Å². The highest BCUT2D eigenvalue weighted by molar-refractivity contribution is 5.87. The van der Waals surface area contributed by atoms with Gasteiger partial charge in [-0.15, -0.1) is 6.58 Å². The molecule has 0 N–H and O–H groups in total. The number of carbonyl (C=O) groups is 1. The molecule has 2 heteroatoms. The zero-order valence-corrected chi connectivity index (χ0v) is 11.3. The Hall–Kier alpha value is -0.630. The van der Waals surface area contributed by atoms with E-state index in [2.05, 4.69) is 13.5 Å². The summed E-state index contributed by atoms with van der Waals surface area (Å²) in [6, 6.07) is 0. The highest BCUT2D eigenvalue weighted by atomic mass is 16.5. The van der Waals surface area contributed by atoms with Gasteiger partial charge in [-0.25, -0.2) is 0 Å². The van der Waals surface area contributed by atoms with Gasteiger partial charge in [-0.1, -0.05) is 13.0 Å². The fourth-order valence-corrected chi connectivity index (χ4v) is 2.64. The Bertz CT molecular complexity index is 250. The Morgan fingerprint density at radius 2 is 2.12 bits per heavy atom. The summed E-state index contributed by atoms with van der Waals surface area (Å²) in [5, 5.41) is 0. The molecule has 0 aliphatic heterocycles. The molecule has 0 radical (unpaired) electrons. The van der Waals surface area contributed by atoms with Crippen molar-refractivity contribution in [3.8, 4) is 0 Å². The van der Waals surface area contributed by atoms with E-state index >= 15 is 0 Å². The average Bonchev–Trinajstić information content (AvgIpc) is 2.33. The van der Waals surface area contributed by atoms with Crippen LogP contribution in [0.5, 0.6) is 0 Å². The van der Waals surface area contributed by atoms with Gasteiger partial charge in [0.1, 0.15) is 5.60 Å². The first-order valence-electron chi connectivity index (χ1n) is 6.93. The fraction of sp³-hybridized carbons (Fsp3) is 0.800. The van der Waals surface area contributed by atoms with Gasteiger partial charge in [0, 0.05) is 13.0 Å². The number of allylic oxidation sites excluding steroid dienone is 1. The maximum atomic E-state index is 12.3. The normalized spacial score (nSPS) is 28.9. The topological polar surface area (TPSA) is 26.3 Å². The molecule has 1 aliphatic carbocycles. The minimum Gasteiger partial charge on any atom is -0.368 e. The van der Waals surface area contributed by atoms with Gasteiger partial charge in [0.05, 0.1) is 0 Å². The number of hydrogen-bond donors (Lipinski definition) is 0. The Morgan fingerprint density at radius 1 is 1.47 bits per heavy atom. The molecule has 0 unspecified atom stereocenters. The smallest absolute Gasteiger partial charge is 0.164 e. The van der Waals surface area contributed by atoms with Crippen LogP contribution < -0.4 is 0 Å². The first-order valence-corrected chi connectivity index (χ1v) is 6.93. The molecule has 0 aromatic rings. The molecule has 0 saturated heterocycles. The molecule has 1 saturated carbocycles. The highest BCUT2D eigenvalue weighted by Gasteiger charge is 2.40. The first kappa shape index (κ1) is 14.4. The molecule has 0 spiro atoms. The SMILES string of the molecule is C=CCCCC(=O)C1(OCC)CCC(C)CC1. The van der Waals surface area contributed by atoms with Crippen LogP contribution in [0.4, 0.5) is 0 Å².